The number of phenols is 29. The Morgan fingerprint density at radius 1 is 0.239 bits per heavy atom. The van der Waals surface area contributed by atoms with Crippen molar-refractivity contribution in [1.29, 1.82) is 0 Å². The van der Waals surface area contributed by atoms with Crippen LogP contribution < -0.4 is 4.74 Å². The van der Waals surface area contributed by atoms with E-state index in [-0.39, 0.29) is 42.5 Å². The summed E-state index contributed by atoms with van der Waals surface area (Å²) in [5.41, 5.74) is -23.8. The molecule has 0 aliphatic carbocycles. The van der Waals surface area contributed by atoms with E-state index in [1.54, 1.807) is 0 Å². The smallest absolute Gasteiger partial charge is 0.344 e. The first-order valence-electron chi connectivity index (χ1n) is 37.2. The van der Waals surface area contributed by atoms with Crippen molar-refractivity contribution in [2.45, 2.75) is 61.4 Å². The zero-order valence-electron chi connectivity index (χ0n) is 65.4. The van der Waals surface area contributed by atoms with Gasteiger partial charge in [-0.25, -0.2) is 47.9 Å². The fourth-order valence-electron chi connectivity index (χ4n) is 15.2. The van der Waals surface area contributed by atoms with Gasteiger partial charge >= 0.3 is 59.7 Å². The van der Waals surface area contributed by atoms with Crippen molar-refractivity contribution in [3.05, 3.63) is 122 Å². The van der Waals surface area contributed by atoms with Crippen molar-refractivity contribution >= 4 is 59.7 Å². The maximum atomic E-state index is 15.5. The predicted octanol–water partition coefficient (Wildman–Crippen LogP) is 3.69. The molecule has 0 spiro atoms. The summed E-state index contributed by atoms with van der Waals surface area (Å²) < 4.78 is 74.7. The average molecular weight is 1870 g/mol. The molecule has 10 aromatic carbocycles. The molecule has 52 nitrogen and oxygen atoms in total. The number of cyclic esters (lactones) is 2. The molecule has 29 N–H and O–H groups in total. The molecule has 10 atom stereocenters. The third kappa shape index (κ3) is 13.9. The van der Waals surface area contributed by atoms with Crippen LogP contribution in [0.3, 0.4) is 0 Å². The standard InChI is InChI=1S/C82H54O52/c83-24-1-14(2-25(84)45(24)93)71(112)133-81-69-67(129-76(117)18-6-29(88)48(96)57(105)39(18)41-20(78(119)131-69)8-31(90)50(98)59(41)107)65-35(125-81)13-123-73(114)22-11-34(54(102)62(110)44(22)43-17(75(116)127-65)5-28(87)52(100)61(43)109)124-64-23(10-33(92)53(101)63(64)111)80(121)134-82-70-68(130-77(118)19-7-30(89)49(97)58(106)40(19)42-21(79(120)132-70)9-32(91)51(99)60(42)108)66-36(126-82)12-122-72(113)15-3-26(85)46(94)55(103)37(15)38-16(74(115)128-66)4-27(86)47(95)56(38)104/h1-11,35-36,65-70,81-111H,12-13H2. The Kier molecular flexibility index (Phi) is 20.9. The lowest BCUT2D eigenvalue weighted by molar-refractivity contribution is -0.283. The molecule has 6 heterocycles. The van der Waals surface area contributed by atoms with Crippen molar-refractivity contribution < 1.29 is 258 Å². The van der Waals surface area contributed by atoms with Gasteiger partial charge in [0.25, 0.3) is 0 Å². The molecule has 52 heteroatoms. The quantitative estimate of drug-likeness (QED) is 0.0641. The molecule has 10 aromatic rings. The van der Waals surface area contributed by atoms with Crippen molar-refractivity contribution in [1.82, 2.24) is 0 Å². The van der Waals surface area contributed by atoms with Crippen molar-refractivity contribution in [3.8, 4) is 223 Å². The maximum Gasteiger partial charge on any atom is 0.344 e. The molecular formula is C82H54O52. The Hall–Kier alpha value is -19.2. The average Bonchev–Trinajstić information content (AvgIpc) is 1.02. The summed E-state index contributed by atoms with van der Waals surface area (Å²) >= 11 is 0. The third-order valence-electron chi connectivity index (χ3n) is 21.6. The largest absolute Gasteiger partial charge is 0.504 e. The molecule has 0 radical (unpaired) electrons. The van der Waals surface area contributed by atoms with Gasteiger partial charge in [0.15, 0.2) is 145 Å². The number of phenolic OH excluding ortho intramolecular Hbond substituents is 29. The van der Waals surface area contributed by atoms with Gasteiger partial charge < -0.3 is 210 Å². The third-order valence-corrected chi connectivity index (χ3v) is 21.6. The Bertz CT molecular complexity index is 6960. The number of ether oxygens (including phenoxy) is 13. The van der Waals surface area contributed by atoms with E-state index in [0.717, 1.165) is 0 Å². The fourth-order valence-corrected chi connectivity index (χ4v) is 15.2. The molecule has 16 rings (SSSR count). The number of fused-ring (bicyclic) bond motifs is 18. The van der Waals surface area contributed by atoms with Crippen LogP contribution >= 0.6 is 0 Å². The van der Waals surface area contributed by atoms with Gasteiger partial charge in [0.2, 0.25) is 82.3 Å². The van der Waals surface area contributed by atoms with Crippen molar-refractivity contribution in [3.63, 3.8) is 0 Å². The summed E-state index contributed by atoms with van der Waals surface area (Å²) in [6.07, 6.45) is -28.3. The van der Waals surface area contributed by atoms with E-state index in [1.165, 1.54) is 0 Å². The van der Waals surface area contributed by atoms with Gasteiger partial charge in [-0.2, -0.15) is 0 Å². The van der Waals surface area contributed by atoms with E-state index in [4.69, 9.17) is 61.6 Å². The Labute approximate surface area is 734 Å². The lowest BCUT2D eigenvalue weighted by Crippen LogP contribution is -2.63. The number of hydrogen-bond acceptors (Lipinski definition) is 52. The SMILES string of the molecule is O=C(OC1OC2COC(=O)c3cc(Oc4c(C(=O)OC5OC6COC(=O)c7cc(O)c(O)c(O)c7-c7c(cc(O)c(O)c7O)C(=O)OC6C6OC(=O)c7cc(O)c(O)c(O)c7-c7c(cc(O)c(O)c7O)C(=O)OC56)cc(O)c(O)c4O)c(O)c(O)c3-c3c(cc(O)c(O)c3O)C(=O)OC2C2OC(=O)c3cc(O)c(O)c(O)c3-c3c(cc(O)c(O)c3O)C(=O)OC12)c1cc(O)c(O)c(O)c1. The second-order valence-corrected chi connectivity index (χ2v) is 29.4. The van der Waals surface area contributed by atoms with Crippen LogP contribution in [0.25, 0.3) is 44.5 Å². The van der Waals surface area contributed by atoms with E-state index in [2.05, 4.69) is 0 Å². The number of hydrogen-bond donors (Lipinski definition) is 29. The highest BCUT2D eigenvalue weighted by Crippen LogP contribution is 2.61. The zero-order chi connectivity index (χ0) is 97.2. The summed E-state index contributed by atoms with van der Waals surface area (Å²) in [6.45, 7) is -3.25. The summed E-state index contributed by atoms with van der Waals surface area (Å²) in [5.74, 6) is -69.2. The Morgan fingerprint density at radius 2 is 0.470 bits per heavy atom. The van der Waals surface area contributed by atoms with E-state index >= 15 is 33.6 Å². The minimum Gasteiger partial charge on any atom is -0.504 e. The summed E-state index contributed by atoms with van der Waals surface area (Å²) in [6, 6.07) is 2.94. The fraction of sp³-hybridized carbons (Fsp3) is 0.146. The number of rotatable bonds is 6. The molecule has 0 amide bonds. The van der Waals surface area contributed by atoms with Gasteiger partial charge in [-0.3, -0.25) is 0 Å². The van der Waals surface area contributed by atoms with Crippen LogP contribution in [0.15, 0.2) is 66.7 Å². The van der Waals surface area contributed by atoms with E-state index in [0.29, 0.717) is 24.3 Å². The summed E-state index contributed by atoms with van der Waals surface area (Å²) in [7, 11) is 0. The first-order chi connectivity index (χ1) is 63.1. The van der Waals surface area contributed by atoms with Gasteiger partial charge in [-0.15, -0.1) is 0 Å². The number of esters is 10. The second kappa shape index (κ2) is 31.7. The molecule has 6 aliphatic rings. The maximum absolute atomic E-state index is 15.5. The van der Waals surface area contributed by atoms with E-state index < -0.39 is 413 Å². The number of aromatic hydroxyl groups is 29. The van der Waals surface area contributed by atoms with Crippen LogP contribution in [-0.4, -0.2) is 282 Å². The van der Waals surface area contributed by atoms with E-state index in [9.17, 15) is 162 Å². The number of carbonyl (C=O) groups excluding carboxylic acids is 10. The molecule has 0 aromatic heterocycles. The molecule has 2 saturated heterocycles. The van der Waals surface area contributed by atoms with Crippen LogP contribution in [-0.2, 0) is 56.8 Å². The van der Waals surface area contributed by atoms with Crippen LogP contribution in [0.4, 0.5) is 0 Å². The normalized spacial score (nSPS) is 20.1. The van der Waals surface area contributed by atoms with Gasteiger partial charge in [0.1, 0.15) is 31.0 Å². The summed E-state index contributed by atoms with van der Waals surface area (Å²) in [4.78, 5) is 150. The van der Waals surface area contributed by atoms with Crippen molar-refractivity contribution in [2.75, 3.05) is 13.2 Å². The molecule has 694 valence electrons. The number of benzene rings is 10. The van der Waals surface area contributed by atoms with Crippen LogP contribution in [0, 0.1) is 0 Å². The van der Waals surface area contributed by atoms with Gasteiger partial charge in [0, 0.05) is 56.6 Å². The zero-order valence-corrected chi connectivity index (χ0v) is 65.4. The van der Waals surface area contributed by atoms with Crippen LogP contribution in [0.5, 0.6) is 178 Å². The second-order valence-electron chi connectivity index (χ2n) is 29.4. The van der Waals surface area contributed by atoms with Gasteiger partial charge in [-0.1, -0.05) is 0 Å². The molecule has 6 aliphatic heterocycles. The predicted molar refractivity (Wildman–Crippen MR) is 413 cm³/mol. The highest BCUT2D eigenvalue weighted by Gasteiger charge is 2.59. The topological polar surface area (TPSA) is 877 Å². The highest BCUT2D eigenvalue weighted by molar-refractivity contribution is 6.13. The van der Waals surface area contributed by atoms with Crippen molar-refractivity contribution in [2.24, 2.45) is 0 Å². The van der Waals surface area contributed by atoms with E-state index in [1.807, 2.05) is 0 Å². The number of carbonyl (C=O) groups is 10. The van der Waals surface area contributed by atoms with Gasteiger partial charge in [-0.05, 0) is 54.6 Å². The Morgan fingerprint density at radius 3 is 0.769 bits per heavy atom. The Balaban J connectivity index is 0.822. The first-order valence-corrected chi connectivity index (χ1v) is 37.2. The lowest BCUT2D eigenvalue weighted by Gasteiger charge is -2.44. The molecule has 2 fully saturated rings. The summed E-state index contributed by atoms with van der Waals surface area (Å²) in [5, 5.41) is 323. The highest BCUT2D eigenvalue weighted by atomic mass is 16.8. The first kappa shape index (κ1) is 88.3. The van der Waals surface area contributed by atoms with Gasteiger partial charge in [0.05, 0.1) is 50.1 Å². The molecule has 0 bridgehead atoms. The molecule has 134 heavy (non-hydrogen) atoms. The monoisotopic (exact) mass is 1870 g/mol. The van der Waals surface area contributed by atoms with Crippen LogP contribution in [0.2, 0.25) is 0 Å². The van der Waals surface area contributed by atoms with Crippen LogP contribution in [0.1, 0.15) is 104 Å². The molecule has 10 unspecified atom stereocenters. The molecule has 0 saturated carbocycles. The molecular weight excluding hydrogens is 1820 g/mol. The minimum atomic E-state index is -3.11. The lowest BCUT2D eigenvalue weighted by atomic mass is 9.91. The minimum absolute atomic E-state index is 0.0832.